The second kappa shape index (κ2) is 5.36. The van der Waals surface area contributed by atoms with Gasteiger partial charge in [-0.25, -0.2) is 0 Å². The van der Waals surface area contributed by atoms with E-state index in [0.717, 1.165) is 32.0 Å². The molecule has 98 valence electrons. The van der Waals surface area contributed by atoms with Gasteiger partial charge in [-0.1, -0.05) is 0 Å². The molecule has 0 aromatic heterocycles. The first kappa shape index (κ1) is 12.8. The van der Waals surface area contributed by atoms with Crippen molar-refractivity contribution >= 4 is 5.91 Å². The van der Waals surface area contributed by atoms with Crippen LogP contribution in [0.1, 0.15) is 39.0 Å². The molecular weight excluding hydrogens is 214 g/mol. The first-order valence-electron chi connectivity index (χ1n) is 6.86. The van der Waals surface area contributed by atoms with Crippen LogP contribution in [-0.2, 0) is 4.79 Å². The number of nitrogens with zero attached hydrogens (tertiary/aromatic N) is 2. The van der Waals surface area contributed by atoms with Crippen LogP contribution >= 0.6 is 0 Å². The maximum Gasteiger partial charge on any atom is 0.239 e. The van der Waals surface area contributed by atoms with E-state index >= 15 is 0 Å². The molecule has 1 heterocycles. The fourth-order valence-electron chi connectivity index (χ4n) is 2.74. The SMILES string of the molecule is C[C@H](N)C(=O)N1CCCC[C@H]1CN(C)C1CC1. The highest BCUT2D eigenvalue weighted by Gasteiger charge is 2.33. The molecular formula is C13H25N3O. The zero-order valence-corrected chi connectivity index (χ0v) is 11.1. The van der Waals surface area contributed by atoms with Crippen LogP contribution in [0.25, 0.3) is 0 Å². The summed E-state index contributed by atoms with van der Waals surface area (Å²) < 4.78 is 0. The van der Waals surface area contributed by atoms with Gasteiger partial charge in [0.25, 0.3) is 0 Å². The van der Waals surface area contributed by atoms with E-state index in [1.54, 1.807) is 6.92 Å². The highest BCUT2D eigenvalue weighted by Crippen LogP contribution is 2.27. The van der Waals surface area contributed by atoms with Crippen molar-refractivity contribution in [1.29, 1.82) is 0 Å². The molecule has 0 bridgehead atoms. The maximum atomic E-state index is 12.1. The Kier molecular flexibility index (Phi) is 4.05. The largest absolute Gasteiger partial charge is 0.337 e. The van der Waals surface area contributed by atoms with E-state index in [0.29, 0.717) is 6.04 Å². The number of amides is 1. The minimum Gasteiger partial charge on any atom is -0.337 e. The topological polar surface area (TPSA) is 49.6 Å². The molecule has 0 unspecified atom stereocenters. The normalized spacial score (nSPS) is 27.3. The number of carbonyl (C=O) groups excluding carboxylic acids is 1. The van der Waals surface area contributed by atoms with Gasteiger partial charge in [0.05, 0.1) is 6.04 Å². The number of hydrogen-bond donors (Lipinski definition) is 1. The van der Waals surface area contributed by atoms with E-state index in [1.807, 2.05) is 4.90 Å². The van der Waals surface area contributed by atoms with Crippen LogP contribution in [0.2, 0.25) is 0 Å². The summed E-state index contributed by atoms with van der Waals surface area (Å²) in [5.74, 6) is 0.124. The predicted molar refractivity (Wildman–Crippen MR) is 68.7 cm³/mol. The van der Waals surface area contributed by atoms with E-state index in [-0.39, 0.29) is 11.9 Å². The summed E-state index contributed by atoms with van der Waals surface area (Å²) in [6.07, 6.45) is 6.15. The first-order chi connectivity index (χ1) is 8.09. The van der Waals surface area contributed by atoms with Crippen molar-refractivity contribution in [3.05, 3.63) is 0 Å². The van der Waals surface area contributed by atoms with Gasteiger partial charge < -0.3 is 15.5 Å². The van der Waals surface area contributed by atoms with Crippen molar-refractivity contribution in [2.24, 2.45) is 5.73 Å². The summed E-state index contributed by atoms with van der Waals surface area (Å²) in [6, 6.07) is 0.791. The summed E-state index contributed by atoms with van der Waals surface area (Å²) >= 11 is 0. The average molecular weight is 239 g/mol. The first-order valence-corrected chi connectivity index (χ1v) is 6.86. The molecule has 1 amide bonds. The number of hydrogen-bond acceptors (Lipinski definition) is 3. The zero-order chi connectivity index (χ0) is 12.4. The Bertz CT molecular complexity index is 276. The fraction of sp³-hybridized carbons (Fsp3) is 0.923. The zero-order valence-electron chi connectivity index (χ0n) is 11.1. The molecule has 1 saturated heterocycles. The monoisotopic (exact) mass is 239 g/mol. The van der Waals surface area contributed by atoms with Gasteiger partial charge in [0, 0.05) is 25.2 Å². The number of likely N-dealkylation sites (tertiary alicyclic amines) is 1. The van der Waals surface area contributed by atoms with E-state index in [1.165, 1.54) is 19.3 Å². The van der Waals surface area contributed by atoms with Crippen LogP contribution in [0.3, 0.4) is 0 Å². The number of nitrogens with two attached hydrogens (primary N) is 1. The standard InChI is InChI=1S/C13H25N3O/c1-10(14)13(17)16-8-4-3-5-12(16)9-15(2)11-6-7-11/h10-12H,3-9,14H2,1-2H3/t10-,12-/m0/s1. The Hall–Kier alpha value is -0.610. The molecule has 2 aliphatic rings. The van der Waals surface area contributed by atoms with Crippen molar-refractivity contribution in [2.75, 3.05) is 20.1 Å². The summed E-state index contributed by atoms with van der Waals surface area (Å²) in [4.78, 5) is 16.5. The Morgan fingerprint density at radius 3 is 2.71 bits per heavy atom. The van der Waals surface area contributed by atoms with Crippen molar-refractivity contribution < 1.29 is 4.79 Å². The molecule has 0 aromatic carbocycles. The smallest absolute Gasteiger partial charge is 0.239 e. The predicted octanol–water partition coefficient (Wildman–Crippen LogP) is 0.809. The summed E-state index contributed by atoms with van der Waals surface area (Å²) in [5, 5.41) is 0. The van der Waals surface area contributed by atoms with Crippen molar-refractivity contribution in [3.63, 3.8) is 0 Å². The third-order valence-electron chi connectivity index (χ3n) is 3.97. The Balaban J connectivity index is 1.93. The van der Waals surface area contributed by atoms with E-state index in [9.17, 15) is 4.79 Å². The molecule has 2 rings (SSSR count). The van der Waals surface area contributed by atoms with Crippen molar-refractivity contribution in [1.82, 2.24) is 9.80 Å². The lowest BCUT2D eigenvalue weighted by molar-refractivity contribution is -0.136. The summed E-state index contributed by atoms with van der Waals surface area (Å²) in [7, 11) is 2.18. The molecule has 4 nitrogen and oxygen atoms in total. The van der Waals surface area contributed by atoms with Crippen LogP contribution in [0.5, 0.6) is 0 Å². The van der Waals surface area contributed by atoms with Crippen molar-refractivity contribution in [2.45, 2.75) is 57.2 Å². The second-order valence-corrected chi connectivity index (χ2v) is 5.64. The molecule has 0 radical (unpaired) electrons. The molecule has 0 aromatic rings. The van der Waals surface area contributed by atoms with Gasteiger partial charge in [0.15, 0.2) is 0 Å². The molecule has 1 aliphatic carbocycles. The van der Waals surface area contributed by atoms with E-state index in [4.69, 9.17) is 5.73 Å². The summed E-state index contributed by atoms with van der Waals surface area (Å²) in [5.41, 5.74) is 5.73. The molecule has 2 N–H and O–H groups in total. The molecule has 4 heteroatoms. The lowest BCUT2D eigenvalue weighted by Crippen LogP contribution is -2.53. The van der Waals surface area contributed by atoms with Crippen LogP contribution in [0.15, 0.2) is 0 Å². The van der Waals surface area contributed by atoms with Gasteiger partial charge >= 0.3 is 0 Å². The molecule has 0 spiro atoms. The number of piperidine rings is 1. The third-order valence-corrected chi connectivity index (χ3v) is 3.97. The van der Waals surface area contributed by atoms with Crippen LogP contribution < -0.4 is 5.73 Å². The van der Waals surface area contributed by atoms with Crippen LogP contribution in [-0.4, -0.2) is 54.0 Å². The number of rotatable bonds is 4. The van der Waals surface area contributed by atoms with Crippen LogP contribution in [0.4, 0.5) is 0 Å². The second-order valence-electron chi connectivity index (χ2n) is 5.64. The molecule has 17 heavy (non-hydrogen) atoms. The van der Waals surface area contributed by atoms with Gasteiger partial charge in [0.2, 0.25) is 5.91 Å². The Labute approximate surface area is 104 Å². The number of likely N-dealkylation sites (N-methyl/N-ethyl adjacent to an activating group) is 1. The van der Waals surface area contributed by atoms with Gasteiger partial charge in [-0.15, -0.1) is 0 Å². The average Bonchev–Trinajstić information content (AvgIpc) is 3.12. The van der Waals surface area contributed by atoms with Crippen LogP contribution in [0, 0.1) is 0 Å². The third kappa shape index (κ3) is 3.19. The highest BCUT2D eigenvalue weighted by atomic mass is 16.2. The minimum atomic E-state index is -0.359. The van der Waals surface area contributed by atoms with Gasteiger partial charge in [-0.2, -0.15) is 0 Å². The summed E-state index contributed by atoms with van der Waals surface area (Å²) in [6.45, 7) is 3.70. The number of carbonyl (C=O) groups is 1. The fourth-order valence-corrected chi connectivity index (χ4v) is 2.74. The van der Waals surface area contributed by atoms with Gasteiger partial charge in [-0.3, -0.25) is 4.79 Å². The van der Waals surface area contributed by atoms with E-state index < -0.39 is 0 Å². The van der Waals surface area contributed by atoms with E-state index in [2.05, 4.69) is 11.9 Å². The molecule has 2 atom stereocenters. The molecule has 1 aliphatic heterocycles. The lowest BCUT2D eigenvalue weighted by atomic mass is 10.0. The Morgan fingerprint density at radius 2 is 2.12 bits per heavy atom. The maximum absolute atomic E-state index is 12.1. The molecule has 1 saturated carbocycles. The van der Waals surface area contributed by atoms with Crippen molar-refractivity contribution in [3.8, 4) is 0 Å². The minimum absolute atomic E-state index is 0.124. The quantitative estimate of drug-likeness (QED) is 0.790. The van der Waals surface area contributed by atoms with Gasteiger partial charge in [-0.05, 0) is 46.1 Å². The lowest BCUT2D eigenvalue weighted by Gasteiger charge is -2.38. The molecule has 2 fully saturated rings. The Morgan fingerprint density at radius 1 is 1.41 bits per heavy atom. The van der Waals surface area contributed by atoms with Gasteiger partial charge in [0.1, 0.15) is 0 Å². The highest BCUT2D eigenvalue weighted by molar-refractivity contribution is 5.81.